The van der Waals surface area contributed by atoms with E-state index in [4.69, 9.17) is 80.5 Å². The van der Waals surface area contributed by atoms with Gasteiger partial charge in [-0.05, 0) is 0 Å². The summed E-state index contributed by atoms with van der Waals surface area (Å²) in [6.45, 7) is -7.83. The number of rotatable bonds is 22. The molecule has 9 aliphatic rings. The highest BCUT2D eigenvalue weighted by Gasteiger charge is 2.58. The van der Waals surface area contributed by atoms with Crippen molar-refractivity contribution in [2.45, 2.75) is 258 Å². The summed E-state index contributed by atoms with van der Waals surface area (Å²) < 4.78 is 97.1. The van der Waals surface area contributed by atoms with Crippen molar-refractivity contribution in [3.05, 3.63) is 0 Å². The lowest BCUT2D eigenvalue weighted by molar-refractivity contribution is -0.397. The highest BCUT2D eigenvalue weighted by molar-refractivity contribution is 5.00. The van der Waals surface area contributed by atoms with Gasteiger partial charge in [-0.25, -0.2) is 0 Å². The lowest BCUT2D eigenvalue weighted by atomic mass is 9.95. The summed E-state index contributed by atoms with van der Waals surface area (Å²) in [4.78, 5) is 0. The monoisotopic (exact) mass is 1390 g/mol. The van der Waals surface area contributed by atoms with Crippen LogP contribution in [0.3, 0.4) is 0 Å². The maximum Gasteiger partial charge on any atom is 0.187 e. The van der Waals surface area contributed by atoms with E-state index in [0.717, 1.165) is 0 Å². The Hall–Kier alpha value is -1.72. The van der Waals surface area contributed by atoms with E-state index in [9.17, 15) is 133 Å². The molecule has 9 saturated heterocycles. The SMILES string of the molecule is OCC1OC(OC2C(OCC3OC(O[C@@H]4C(CO[C@@H]5OC[C@@H](O)[C@H](O)C5O[C@@H]5OC(CO)[C@H](O)[C@H](O)C5O)O[C@@H](O[C@@H]5C(CO)OC(O)C(O)[C@H]5O)C(O)[C@H]4O)C(O)[C@@H](O)[C@@H]3O[C@@H]3OC(CO[C@H]4OC[C@@H](O)[C@H](O)C4O)[C@@H](O)[C@H](O)C3O)OC[C@@H](O)C2O)C(O)C(O)[C@@H]1O. The van der Waals surface area contributed by atoms with Gasteiger partial charge in [0.15, 0.2) is 56.6 Å². The van der Waals surface area contributed by atoms with Gasteiger partial charge in [0.25, 0.3) is 0 Å². The Bertz CT molecular complexity index is 2290. The quantitative estimate of drug-likeness (QED) is 0.0479. The zero-order chi connectivity index (χ0) is 68.6. The van der Waals surface area contributed by atoms with Crippen molar-refractivity contribution in [2.75, 3.05) is 59.5 Å². The Labute approximate surface area is 530 Å². The van der Waals surface area contributed by atoms with Gasteiger partial charge < -0.3 is 213 Å². The van der Waals surface area contributed by atoms with Crippen molar-refractivity contribution >= 4 is 0 Å². The van der Waals surface area contributed by atoms with Crippen LogP contribution in [0.1, 0.15) is 0 Å². The highest BCUT2D eigenvalue weighted by Crippen LogP contribution is 2.38. The van der Waals surface area contributed by atoms with Crippen molar-refractivity contribution in [1.82, 2.24) is 0 Å². The lowest BCUT2D eigenvalue weighted by Gasteiger charge is -2.49. The van der Waals surface area contributed by atoms with Crippen LogP contribution < -0.4 is 0 Å². The molecule has 43 heteroatoms. The molecule has 0 saturated carbocycles. The average molecular weight is 1390 g/mol. The van der Waals surface area contributed by atoms with E-state index in [1.54, 1.807) is 0 Å². The fraction of sp³-hybridized carbons (Fsp3) is 1.00. The second-order valence-corrected chi connectivity index (χ2v) is 24.0. The van der Waals surface area contributed by atoms with Crippen molar-refractivity contribution in [3.8, 4) is 0 Å². The zero-order valence-electron chi connectivity index (χ0n) is 49.2. The van der Waals surface area contributed by atoms with Crippen LogP contribution in [0.15, 0.2) is 0 Å². The molecular formula is C51H86O43. The van der Waals surface area contributed by atoms with E-state index >= 15 is 0 Å². The number of hydrogen-bond acceptors (Lipinski definition) is 43. The molecule has 548 valence electrons. The van der Waals surface area contributed by atoms with Crippen molar-refractivity contribution in [1.29, 1.82) is 0 Å². The smallest absolute Gasteiger partial charge is 0.187 e. The Kier molecular flexibility index (Phi) is 26.8. The van der Waals surface area contributed by atoms with Gasteiger partial charge >= 0.3 is 0 Å². The molecule has 0 aromatic rings. The summed E-state index contributed by atoms with van der Waals surface area (Å²) in [6.07, 6.45) is -84.5. The lowest BCUT2D eigenvalue weighted by Crippen LogP contribution is -2.68. The molecule has 0 aromatic carbocycles. The third-order valence-corrected chi connectivity index (χ3v) is 17.5. The number of hydrogen-bond donors (Lipinski definition) is 26. The van der Waals surface area contributed by atoms with Crippen LogP contribution in [0, 0.1) is 0 Å². The first-order chi connectivity index (χ1) is 44.5. The Balaban J connectivity index is 1.00. The molecule has 26 N–H and O–H groups in total. The van der Waals surface area contributed by atoms with Crippen LogP contribution in [0.25, 0.3) is 0 Å². The van der Waals surface area contributed by atoms with Gasteiger partial charge in [-0.1, -0.05) is 0 Å². The maximum absolute atomic E-state index is 12.1. The van der Waals surface area contributed by atoms with Gasteiger partial charge in [-0.15, -0.1) is 0 Å². The van der Waals surface area contributed by atoms with E-state index < -0.39 is 318 Å². The molecule has 9 fully saturated rings. The minimum Gasteiger partial charge on any atom is -0.394 e. The molecule has 43 nitrogen and oxygen atoms in total. The van der Waals surface area contributed by atoms with E-state index in [2.05, 4.69) is 0 Å². The second-order valence-electron chi connectivity index (χ2n) is 24.0. The van der Waals surface area contributed by atoms with Crippen molar-refractivity contribution in [3.63, 3.8) is 0 Å². The summed E-state index contributed by atoms with van der Waals surface area (Å²) in [7, 11) is 0. The van der Waals surface area contributed by atoms with Crippen LogP contribution in [0.2, 0.25) is 0 Å². The molecule has 9 rings (SSSR count). The summed E-state index contributed by atoms with van der Waals surface area (Å²) in [5.74, 6) is 0. The normalized spacial score (nSPS) is 53.9. The third-order valence-electron chi connectivity index (χ3n) is 17.5. The molecule has 42 atom stereocenters. The topological polar surface area (TPSA) is 683 Å². The number of aliphatic hydroxyl groups is 26. The maximum atomic E-state index is 12.1. The predicted octanol–water partition coefficient (Wildman–Crippen LogP) is -18.7. The summed E-state index contributed by atoms with van der Waals surface area (Å²) in [5.41, 5.74) is 0. The molecule has 0 spiro atoms. The van der Waals surface area contributed by atoms with Gasteiger partial charge in [0, 0.05) is 0 Å². The fourth-order valence-electron chi connectivity index (χ4n) is 11.8. The Morgan fingerprint density at radius 3 is 0.894 bits per heavy atom. The zero-order valence-corrected chi connectivity index (χ0v) is 49.2. The Morgan fingerprint density at radius 2 is 0.500 bits per heavy atom. The molecule has 9 heterocycles. The van der Waals surface area contributed by atoms with Crippen LogP contribution >= 0.6 is 0 Å². The predicted molar refractivity (Wildman–Crippen MR) is 279 cm³/mol. The number of ether oxygens (including phenoxy) is 17. The van der Waals surface area contributed by atoms with Crippen LogP contribution in [0.4, 0.5) is 0 Å². The average Bonchev–Trinajstić information content (AvgIpc) is 0.782. The van der Waals surface area contributed by atoms with Gasteiger partial charge in [-0.3, -0.25) is 0 Å². The molecule has 94 heavy (non-hydrogen) atoms. The van der Waals surface area contributed by atoms with Gasteiger partial charge in [0.05, 0.1) is 59.5 Å². The molecule has 9 aliphatic heterocycles. The van der Waals surface area contributed by atoms with E-state index in [1.165, 1.54) is 0 Å². The van der Waals surface area contributed by atoms with Crippen molar-refractivity contribution < 1.29 is 213 Å². The molecule has 0 aromatic heterocycles. The Morgan fingerprint density at radius 1 is 0.223 bits per heavy atom. The third kappa shape index (κ3) is 16.3. The second kappa shape index (κ2) is 32.9. The summed E-state index contributed by atoms with van der Waals surface area (Å²) in [6, 6.07) is 0. The molecule has 0 bridgehead atoms. The van der Waals surface area contributed by atoms with Gasteiger partial charge in [-0.2, -0.15) is 0 Å². The van der Waals surface area contributed by atoms with Crippen molar-refractivity contribution in [2.24, 2.45) is 0 Å². The summed E-state index contributed by atoms with van der Waals surface area (Å²) in [5, 5.41) is 280. The van der Waals surface area contributed by atoms with E-state index in [0.29, 0.717) is 0 Å². The van der Waals surface area contributed by atoms with Crippen LogP contribution in [-0.4, -0.2) is 450 Å². The molecule has 21 unspecified atom stereocenters. The first-order valence-electron chi connectivity index (χ1n) is 29.9. The van der Waals surface area contributed by atoms with E-state index in [1.807, 2.05) is 0 Å². The standard InChI is InChI=1S/C51H86O43/c52-1-13-22(61)25(64)33(72)45(85-13)93-41-20(59)11(56)5-79-50(41)82-8-17-39(91-47-35(74)27(66)24(63)16(87-47)7-81-44-32(71)19(58)10(55)4-78-44)30(69)37(76)49(89-17)92-40-18(88-48(36(75)29(40)68)90-38-15(3-54)84-43(77)31(70)28(38)67)9-83-51-42(21(60)12(57)6-80-51)94-46-34(73)26(65)23(62)14(2-53)86-46/h10-77H,1-9H2/t10-,11-,12-,13?,14?,15?,16?,17?,18?,19+,20?,21+,22-,23+,24-,25?,26+,27+,28-,29-,30-,31?,32?,33?,34?,35?,36?,37?,38-,39-,40-,41?,42?,43?,44-,45?,46+,47+,48+,49?,50?,51+/m1/s1. The molecule has 0 aliphatic carbocycles. The van der Waals surface area contributed by atoms with E-state index in [-0.39, 0.29) is 0 Å². The largest absolute Gasteiger partial charge is 0.394 e. The molecular weight excluding hydrogens is 1300 g/mol. The van der Waals surface area contributed by atoms with Gasteiger partial charge in [0.2, 0.25) is 0 Å². The highest BCUT2D eigenvalue weighted by atomic mass is 16.8. The summed E-state index contributed by atoms with van der Waals surface area (Å²) >= 11 is 0. The fourth-order valence-corrected chi connectivity index (χ4v) is 11.8. The van der Waals surface area contributed by atoms with Crippen LogP contribution in [0.5, 0.6) is 0 Å². The van der Waals surface area contributed by atoms with Gasteiger partial charge in [0.1, 0.15) is 201 Å². The molecule has 0 amide bonds. The first kappa shape index (κ1) is 76.5. The minimum absolute atomic E-state index is 0.534. The molecule has 0 radical (unpaired) electrons. The first-order valence-corrected chi connectivity index (χ1v) is 29.9. The number of aliphatic hydroxyl groups excluding tert-OH is 26. The minimum atomic E-state index is -2.48. The van der Waals surface area contributed by atoms with Crippen LogP contribution in [-0.2, 0) is 80.5 Å².